The molecule has 2 nitrogen and oxygen atoms in total. The van der Waals surface area contributed by atoms with E-state index in [9.17, 15) is 26.3 Å². The number of ether oxygens (including phenoxy) is 2. The lowest BCUT2D eigenvalue weighted by Gasteiger charge is -2.31. The summed E-state index contributed by atoms with van der Waals surface area (Å²) >= 11 is 0. The van der Waals surface area contributed by atoms with Crippen LogP contribution in [0.3, 0.4) is 0 Å². The van der Waals surface area contributed by atoms with Crippen molar-refractivity contribution in [3.05, 3.63) is 23.7 Å². The van der Waals surface area contributed by atoms with E-state index in [0.717, 1.165) is 6.08 Å². The third-order valence-electron chi connectivity index (χ3n) is 2.35. The maximum Gasteiger partial charge on any atom is 0.478 e. The lowest BCUT2D eigenvalue weighted by Crippen LogP contribution is -2.58. The van der Waals surface area contributed by atoms with Crippen LogP contribution in [0.2, 0.25) is 0 Å². The first kappa shape index (κ1) is 23.9. The number of halogens is 6. The van der Waals surface area contributed by atoms with E-state index in [2.05, 4.69) is 9.47 Å². The van der Waals surface area contributed by atoms with Gasteiger partial charge in [0, 0.05) is 6.42 Å². The Bertz CT molecular complexity index is 380. The third kappa shape index (κ3) is 5.07. The summed E-state index contributed by atoms with van der Waals surface area (Å²) in [5, 5.41) is 0. The molecule has 0 atom stereocenters. The highest BCUT2D eigenvalue weighted by atomic mass is 19.4. The predicted octanol–water partition coefficient (Wildman–Crippen LogP) is 6.49. The van der Waals surface area contributed by atoms with E-state index in [1.807, 2.05) is 41.5 Å². The lowest BCUT2D eigenvalue weighted by molar-refractivity contribution is -0.438. The molecule has 0 unspecified atom stereocenters. The number of rotatable bonds is 0. The molecule has 2 aliphatic rings. The quantitative estimate of drug-likeness (QED) is 0.465. The molecule has 0 bridgehead atoms. The van der Waals surface area contributed by atoms with Gasteiger partial charge in [0.15, 0.2) is 5.76 Å². The summed E-state index contributed by atoms with van der Waals surface area (Å²) in [4.78, 5) is 0. The minimum atomic E-state index is -5.70. The van der Waals surface area contributed by atoms with Gasteiger partial charge in [-0.3, -0.25) is 0 Å². The summed E-state index contributed by atoms with van der Waals surface area (Å²) in [5.74, 6) is -5.49. The van der Waals surface area contributed by atoms with Crippen LogP contribution in [0.25, 0.3) is 0 Å². The summed E-state index contributed by atoms with van der Waals surface area (Å²) in [6, 6.07) is 0. The molecule has 8 heteroatoms. The van der Waals surface area contributed by atoms with E-state index in [0.29, 0.717) is 6.42 Å². The van der Waals surface area contributed by atoms with Crippen molar-refractivity contribution in [3.8, 4) is 0 Å². The highest BCUT2D eigenvalue weighted by molar-refractivity contribution is 5.26. The fraction of sp³-hybridized carbons (Fsp3) is 0.733. The van der Waals surface area contributed by atoms with Crippen molar-refractivity contribution in [3.63, 3.8) is 0 Å². The van der Waals surface area contributed by atoms with Crippen molar-refractivity contribution in [1.82, 2.24) is 0 Å². The van der Waals surface area contributed by atoms with E-state index in [1.165, 1.54) is 6.08 Å². The fourth-order valence-electron chi connectivity index (χ4n) is 1.55. The molecule has 1 aliphatic heterocycles. The Labute approximate surface area is 133 Å². The normalized spacial score (nSPS) is 17.9. The zero-order valence-corrected chi connectivity index (χ0v) is 14.2. The van der Waals surface area contributed by atoms with E-state index in [4.69, 9.17) is 0 Å². The van der Waals surface area contributed by atoms with Gasteiger partial charge in [0.05, 0.1) is 0 Å². The molecule has 1 aliphatic carbocycles. The third-order valence-corrected chi connectivity index (χ3v) is 2.35. The second kappa shape index (κ2) is 9.72. The van der Waals surface area contributed by atoms with Crippen molar-refractivity contribution < 1.29 is 35.8 Å². The van der Waals surface area contributed by atoms with Crippen molar-refractivity contribution in [2.24, 2.45) is 0 Å². The Morgan fingerprint density at radius 2 is 1.26 bits per heavy atom. The maximum absolute atomic E-state index is 12.5. The average molecular weight is 350 g/mol. The summed E-state index contributed by atoms with van der Waals surface area (Å²) in [5.41, 5.74) is 0. The monoisotopic (exact) mass is 350 g/mol. The van der Waals surface area contributed by atoms with Gasteiger partial charge in [-0.2, -0.15) is 26.3 Å². The zero-order chi connectivity index (χ0) is 18.9. The van der Waals surface area contributed by atoms with Crippen LogP contribution in [0.5, 0.6) is 0 Å². The summed E-state index contributed by atoms with van der Waals surface area (Å²) in [6.45, 7) is 12.0. The van der Waals surface area contributed by atoms with E-state index in [-0.39, 0.29) is 6.42 Å². The number of allylic oxidation sites excluding steroid dienone is 3. The van der Waals surface area contributed by atoms with Gasteiger partial charge in [-0.1, -0.05) is 47.6 Å². The van der Waals surface area contributed by atoms with Crippen LogP contribution in [0.4, 0.5) is 26.3 Å². The summed E-state index contributed by atoms with van der Waals surface area (Å²) in [7, 11) is 0. The van der Waals surface area contributed by atoms with Gasteiger partial charge in [0.1, 0.15) is 5.76 Å². The molecule has 0 saturated heterocycles. The van der Waals surface area contributed by atoms with Gasteiger partial charge in [-0.05, 0) is 12.5 Å². The lowest BCUT2D eigenvalue weighted by atomic mass is 10.1. The number of alkyl halides is 6. The van der Waals surface area contributed by atoms with Crippen molar-refractivity contribution in [2.45, 2.75) is 72.5 Å². The Morgan fingerprint density at radius 1 is 0.826 bits per heavy atom. The molecule has 23 heavy (non-hydrogen) atoms. The fourth-order valence-corrected chi connectivity index (χ4v) is 1.55. The minimum absolute atomic E-state index is 0.0419. The molecule has 138 valence electrons. The minimum Gasteiger partial charge on any atom is -0.439 e. The van der Waals surface area contributed by atoms with Gasteiger partial charge >= 0.3 is 18.1 Å². The Hall–Kier alpha value is -1.34. The van der Waals surface area contributed by atoms with E-state index < -0.39 is 29.7 Å². The van der Waals surface area contributed by atoms with Gasteiger partial charge in [-0.25, -0.2) is 0 Å². The Balaban J connectivity index is 0. The molecule has 0 aromatic heterocycles. The molecule has 0 fully saturated rings. The first-order valence-corrected chi connectivity index (χ1v) is 7.58. The molecule has 0 aromatic carbocycles. The van der Waals surface area contributed by atoms with Crippen LogP contribution < -0.4 is 0 Å². The second-order valence-electron chi connectivity index (χ2n) is 3.54. The average Bonchev–Trinajstić information content (AvgIpc) is 2.94. The topological polar surface area (TPSA) is 18.5 Å². The highest BCUT2D eigenvalue weighted by Gasteiger charge is 2.79. The molecule has 0 aromatic rings. The SMILES string of the molecule is CC.CC.CC.FC(F)(F)C1(C(F)(F)F)OC2=C(CCC=C2)O1. The number of hydrogen-bond donors (Lipinski definition) is 0. The molecule has 0 saturated carbocycles. The molecule has 0 N–H and O–H groups in total. The van der Waals surface area contributed by atoms with Crippen LogP contribution in [0, 0.1) is 0 Å². The largest absolute Gasteiger partial charge is 0.478 e. The molecular weight excluding hydrogens is 326 g/mol. The predicted molar refractivity (Wildman–Crippen MR) is 76.5 cm³/mol. The molecule has 0 spiro atoms. The van der Waals surface area contributed by atoms with Gasteiger partial charge in [0.2, 0.25) is 0 Å². The van der Waals surface area contributed by atoms with Crippen molar-refractivity contribution in [1.29, 1.82) is 0 Å². The van der Waals surface area contributed by atoms with Crippen LogP contribution in [0.1, 0.15) is 54.4 Å². The zero-order valence-electron chi connectivity index (χ0n) is 14.2. The number of hydrogen-bond acceptors (Lipinski definition) is 2. The molecule has 1 heterocycles. The van der Waals surface area contributed by atoms with Crippen molar-refractivity contribution >= 4 is 0 Å². The summed E-state index contributed by atoms with van der Waals surface area (Å²) < 4.78 is 83.2. The first-order valence-electron chi connectivity index (χ1n) is 7.58. The van der Waals surface area contributed by atoms with Crippen LogP contribution in [-0.4, -0.2) is 18.1 Å². The van der Waals surface area contributed by atoms with Crippen LogP contribution in [-0.2, 0) is 9.47 Å². The maximum atomic E-state index is 12.5. The van der Waals surface area contributed by atoms with Crippen molar-refractivity contribution in [2.75, 3.05) is 0 Å². The molecular formula is C15H24F6O2. The Kier molecular flexibility index (Phi) is 10.1. The van der Waals surface area contributed by atoms with Gasteiger partial charge in [-0.15, -0.1) is 0 Å². The van der Waals surface area contributed by atoms with E-state index >= 15 is 0 Å². The first-order chi connectivity index (χ1) is 10.7. The standard InChI is InChI=1S/C9H6F6O2.3C2H6/c10-8(11,12)7(9(13,14)15)16-5-3-1-2-4-6(5)17-7;3*1-2/h1,3H,2,4H2;3*1-2H3. The van der Waals surface area contributed by atoms with E-state index in [1.54, 1.807) is 0 Å². The highest BCUT2D eigenvalue weighted by Crippen LogP contribution is 2.53. The molecule has 0 amide bonds. The van der Waals surface area contributed by atoms with Gasteiger partial charge in [0.25, 0.3) is 0 Å². The smallest absolute Gasteiger partial charge is 0.439 e. The second-order valence-corrected chi connectivity index (χ2v) is 3.54. The van der Waals surface area contributed by atoms with Crippen LogP contribution in [0.15, 0.2) is 23.7 Å². The van der Waals surface area contributed by atoms with Gasteiger partial charge < -0.3 is 9.47 Å². The van der Waals surface area contributed by atoms with Crippen LogP contribution >= 0.6 is 0 Å². The molecule has 0 radical (unpaired) electrons. The molecule has 2 rings (SSSR count). The Morgan fingerprint density at radius 3 is 1.61 bits per heavy atom. The summed E-state index contributed by atoms with van der Waals surface area (Å²) in [6.07, 6.45) is -8.65.